The van der Waals surface area contributed by atoms with Crippen molar-refractivity contribution in [1.82, 2.24) is 36.8 Å². The number of phenolic OH excluding ortho intramolecular Hbond substituents is 1. The molecule has 382 valence electrons. The van der Waals surface area contributed by atoms with Crippen LogP contribution in [0.15, 0.2) is 24.3 Å². The van der Waals surface area contributed by atoms with Crippen LogP contribution in [0.1, 0.15) is 123 Å². The normalized spacial score (nSPS) is 23.6. The molecule has 4 aliphatic carbocycles. The molecule has 4 saturated carbocycles. The van der Waals surface area contributed by atoms with Gasteiger partial charge in [0.1, 0.15) is 36.0 Å². The van der Waals surface area contributed by atoms with E-state index in [-0.39, 0.29) is 92.9 Å². The van der Waals surface area contributed by atoms with Crippen molar-refractivity contribution in [2.24, 2.45) is 46.5 Å². The van der Waals surface area contributed by atoms with Gasteiger partial charge in [0.2, 0.25) is 41.4 Å². The standard InChI is InChI=1S/C49H76N10O10/c1-27(2)15-36(56-45(67)37(16-28(3)4)57-46(68)38(55-43(65)34(50)26-60)20-29-9-11-33(61)12-10-29)44(66)54-35(7-5-13-53-48(51)52)47(69)59-14-6-8-39(59)40(62)21-41(63)58-42(64)25-49-22-30-17-31(23-49)19-32(18-30)24-49/h9-12,27-28,30-32,34-39,60-61H,5-8,13-26,50H2,1-4H3,(H,54,66)(H,55,65)(H,56,67)(H,57,68)(H4,51,52,53)(H,58,63,64)/t30?,31?,32?,34-,35-,36-,37+,38-,39-,49?/m0/s1. The van der Waals surface area contributed by atoms with Crippen molar-refractivity contribution >= 4 is 53.1 Å². The lowest BCUT2D eigenvalue weighted by Crippen LogP contribution is -2.60. The van der Waals surface area contributed by atoms with Gasteiger partial charge in [-0.05, 0) is 130 Å². The van der Waals surface area contributed by atoms with Crippen LogP contribution in [-0.2, 0) is 44.8 Å². The Kier molecular flexibility index (Phi) is 19.5. The van der Waals surface area contributed by atoms with Crippen molar-refractivity contribution in [3.05, 3.63) is 29.8 Å². The number of aromatic hydroxyl groups is 1. The van der Waals surface area contributed by atoms with Crippen LogP contribution in [0.25, 0.3) is 0 Å². The van der Waals surface area contributed by atoms with Crippen molar-refractivity contribution in [3.63, 3.8) is 0 Å². The van der Waals surface area contributed by atoms with Crippen LogP contribution in [0, 0.1) is 40.4 Å². The molecule has 13 N–H and O–H groups in total. The fraction of sp³-hybridized carbons (Fsp3) is 0.694. The molecule has 5 fully saturated rings. The van der Waals surface area contributed by atoms with Gasteiger partial charge in [-0.15, -0.1) is 0 Å². The van der Waals surface area contributed by atoms with Gasteiger partial charge >= 0.3 is 0 Å². The van der Waals surface area contributed by atoms with E-state index in [0.717, 1.165) is 19.3 Å². The van der Waals surface area contributed by atoms with Gasteiger partial charge in [-0.25, -0.2) is 0 Å². The summed E-state index contributed by atoms with van der Waals surface area (Å²) in [6.07, 6.45) is 7.62. The summed E-state index contributed by atoms with van der Waals surface area (Å²) < 4.78 is 0. The number of rotatable bonds is 25. The molecule has 20 nitrogen and oxygen atoms in total. The number of Topliss-reactive ketones (excluding diaryl/α,β-unsaturated/α-hetero) is 1. The molecule has 6 rings (SSSR count). The maximum atomic E-state index is 14.4. The molecule has 1 aromatic rings. The molecule has 0 radical (unpaired) electrons. The lowest BCUT2D eigenvalue weighted by molar-refractivity contribution is -0.143. The molecular weight excluding hydrogens is 889 g/mol. The average Bonchev–Trinajstić information content (AvgIpc) is 3.76. The van der Waals surface area contributed by atoms with Gasteiger partial charge in [-0.2, -0.15) is 0 Å². The SMILES string of the molecule is CC(C)C[C@H](NC(=O)[C@@H](CC(C)C)NC(=O)[C@H](Cc1ccc(O)cc1)NC(=O)[C@@H](N)CO)C(=O)N[C@@H](CCCNC(=N)N)C(=O)N1CCC[C@H]1C(=O)CC(=O)NC(=O)CC12CC3CC(CC(C3)C1)C2. The summed E-state index contributed by atoms with van der Waals surface area (Å²) in [5, 5.41) is 42.8. The largest absolute Gasteiger partial charge is 0.508 e. The zero-order valence-electron chi connectivity index (χ0n) is 40.7. The number of aliphatic hydroxyl groups is 1. The van der Waals surface area contributed by atoms with Crippen LogP contribution in [0.4, 0.5) is 0 Å². The van der Waals surface area contributed by atoms with E-state index in [4.69, 9.17) is 16.9 Å². The number of ketones is 1. The summed E-state index contributed by atoms with van der Waals surface area (Å²) in [4.78, 5) is 111. The number of nitrogens with one attached hydrogen (secondary N) is 7. The summed E-state index contributed by atoms with van der Waals surface area (Å²) in [5.74, 6) is -3.77. The highest BCUT2D eigenvalue weighted by Gasteiger charge is 2.51. The van der Waals surface area contributed by atoms with Gasteiger partial charge in [-0.1, -0.05) is 39.8 Å². The Labute approximate surface area is 404 Å². The first-order chi connectivity index (χ1) is 32.6. The quantitative estimate of drug-likeness (QED) is 0.0279. The van der Waals surface area contributed by atoms with E-state index in [1.807, 2.05) is 27.7 Å². The molecule has 1 aromatic carbocycles. The number of benzene rings is 1. The Balaban J connectivity index is 1.26. The van der Waals surface area contributed by atoms with Crippen LogP contribution in [0.3, 0.4) is 0 Å². The zero-order valence-corrected chi connectivity index (χ0v) is 40.7. The average molecular weight is 965 g/mol. The number of aliphatic hydroxyl groups excluding tert-OH is 1. The highest BCUT2D eigenvalue weighted by Crippen LogP contribution is 2.61. The molecule has 5 aliphatic rings. The van der Waals surface area contributed by atoms with Crippen LogP contribution in [0.5, 0.6) is 5.75 Å². The molecule has 20 heteroatoms. The Morgan fingerprint density at radius 3 is 1.81 bits per heavy atom. The number of carbonyl (C=O) groups excluding carboxylic acids is 8. The van der Waals surface area contributed by atoms with Crippen molar-refractivity contribution < 1.29 is 48.6 Å². The topological polar surface area (TPSA) is 328 Å². The number of nitrogens with two attached hydrogens (primary N) is 2. The van der Waals surface area contributed by atoms with Gasteiger partial charge < -0.3 is 53.2 Å². The minimum absolute atomic E-state index is 0.0108. The monoisotopic (exact) mass is 965 g/mol. The molecule has 0 spiro atoms. The summed E-state index contributed by atoms with van der Waals surface area (Å²) in [7, 11) is 0. The lowest BCUT2D eigenvalue weighted by Gasteiger charge is -2.56. The third-order valence-electron chi connectivity index (χ3n) is 14.0. The number of likely N-dealkylation sites (tertiary alicyclic amines) is 1. The molecule has 1 saturated heterocycles. The van der Waals surface area contributed by atoms with E-state index >= 15 is 0 Å². The molecule has 0 aromatic heterocycles. The first kappa shape index (κ1) is 54.3. The first-order valence-corrected chi connectivity index (χ1v) is 24.7. The minimum atomic E-state index is -1.33. The lowest BCUT2D eigenvalue weighted by atomic mass is 9.49. The fourth-order valence-corrected chi connectivity index (χ4v) is 11.4. The predicted molar refractivity (Wildman–Crippen MR) is 255 cm³/mol. The van der Waals surface area contributed by atoms with E-state index in [1.54, 1.807) is 12.1 Å². The predicted octanol–water partition coefficient (Wildman–Crippen LogP) is 0.748. The highest BCUT2D eigenvalue weighted by atomic mass is 16.3. The molecule has 0 unspecified atom stereocenters. The Hall–Kier alpha value is -5.63. The number of hydrogen-bond acceptors (Lipinski definition) is 12. The molecule has 69 heavy (non-hydrogen) atoms. The Bertz CT molecular complexity index is 1990. The number of carbonyl (C=O) groups is 8. The Morgan fingerprint density at radius 2 is 1.29 bits per heavy atom. The fourth-order valence-electron chi connectivity index (χ4n) is 11.4. The number of amides is 7. The second kappa shape index (κ2) is 24.8. The molecule has 7 amide bonds. The van der Waals surface area contributed by atoms with Crippen molar-refractivity contribution in [2.75, 3.05) is 19.7 Å². The summed E-state index contributed by atoms with van der Waals surface area (Å²) in [6.45, 7) is 7.06. The van der Waals surface area contributed by atoms with Gasteiger partial charge in [0, 0.05) is 25.9 Å². The van der Waals surface area contributed by atoms with Crippen molar-refractivity contribution in [3.8, 4) is 5.75 Å². The number of guanidine groups is 1. The third kappa shape index (κ3) is 16.0. The minimum Gasteiger partial charge on any atom is -0.508 e. The maximum absolute atomic E-state index is 14.4. The van der Waals surface area contributed by atoms with E-state index in [0.29, 0.717) is 29.7 Å². The molecule has 4 bridgehead atoms. The molecular formula is C49H76N10O10. The summed E-state index contributed by atoms with van der Waals surface area (Å²) in [6, 6.07) is -1.17. The number of phenols is 1. The Morgan fingerprint density at radius 1 is 0.768 bits per heavy atom. The smallest absolute Gasteiger partial charge is 0.245 e. The van der Waals surface area contributed by atoms with E-state index < -0.39 is 90.5 Å². The molecule has 6 atom stereocenters. The maximum Gasteiger partial charge on any atom is 0.245 e. The van der Waals surface area contributed by atoms with Crippen molar-refractivity contribution in [2.45, 2.75) is 160 Å². The van der Waals surface area contributed by atoms with Crippen LogP contribution >= 0.6 is 0 Å². The summed E-state index contributed by atoms with van der Waals surface area (Å²) in [5.41, 5.74) is 11.7. The van der Waals surface area contributed by atoms with Crippen molar-refractivity contribution in [1.29, 1.82) is 5.41 Å². The van der Waals surface area contributed by atoms with Crippen LogP contribution < -0.4 is 43.4 Å². The van der Waals surface area contributed by atoms with E-state index in [2.05, 4.69) is 31.9 Å². The van der Waals surface area contributed by atoms with Gasteiger partial charge in [-0.3, -0.25) is 49.1 Å². The van der Waals surface area contributed by atoms with Gasteiger partial charge in [0.25, 0.3) is 0 Å². The van der Waals surface area contributed by atoms with Gasteiger partial charge in [0.05, 0.1) is 19.1 Å². The number of imide groups is 1. The second-order valence-corrected chi connectivity index (χ2v) is 21.0. The second-order valence-electron chi connectivity index (χ2n) is 21.0. The van der Waals surface area contributed by atoms with Gasteiger partial charge in [0.15, 0.2) is 11.7 Å². The van der Waals surface area contributed by atoms with E-state index in [9.17, 15) is 48.6 Å². The van der Waals surface area contributed by atoms with E-state index in [1.165, 1.54) is 36.3 Å². The van der Waals surface area contributed by atoms with Crippen LogP contribution in [0.2, 0.25) is 0 Å². The number of nitrogens with zero attached hydrogens (tertiary/aromatic N) is 1. The van der Waals surface area contributed by atoms with Crippen LogP contribution in [-0.4, -0.2) is 124 Å². The molecule has 1 heterocycles. The first-order valence-electron chi connectivity index (χ1n) is 24.7. The third-order valence-corrected chi connectivity index (χ3v) is 14.0. The zero-order chi connectivity index (χ0) is 50.6. The number of hydrogen-bond donors (Lipinski definition) is 11. The summed E-state index contributed by atoms with van der Waals surface area (Å²) >= 11 is 0. The highest BCUT2D eigenvalue weighted by molar-refractivity contribution is 6.07. The molecule has 1 aliphatic heterocycles.